The van der Waals surface area contributed by atoms with Gasteiger partial charge in [0.05, 0.1) is 22.1 Å². The van der Waals surface area contributed by atoms with E-state index in [2.05, 4.69) is 4.72 Å². The average Bonchev–Trinajstić information content (AvgIpc) is 2.70. The van der Waals surface area contributed by atoms with Gasteiger partial charge >= 0.3 is 12.1 Å². The van der Waals surface area contributed by atoms with Gasteiger partial charge in [0.1, 0.15) is 12.4 Å². The zero-order valence-electron chi connectivity index (χ0n) is 17.9. The second kappa shape index (κ2) is 10.2. The van der Waals surface area contributed by atoms with Crippen LogP contribution in [-0.2, 0) is 22.8 Å². The second-order valence-electron chi connectivity index (χ2n) is 7.72. The third-order valence-electron chi connectivity index (χ3n) is 4.87. The number of halogens is 3. The van der Waals surface area contributed by atoms with Gasteiger partial charge in [-0.15, -0.1) is 0 Å². The highest BCUT2D eigenvalue weighted by molar-refractivity contribution is 7.93. The fourth-order valence-corrected chi connectivity index (χ4v) is 5.06. The maximum atomic E-state index is 13.2. The highest BCUT2D eigenvalue weighted by atomic mass is 32.2. The summed E-state index contributed by atoms with van der Waals surface area (Å²) in [7, 11) is -3.88. The molecule has 0 radical (unpaired) electrons. The molecule has 2 aromatic carbocycles. The third-order valence-corrected chi connectivity index (χ3v) is 6.95. The first-order valence-corrected chi connectivity index (χ1v) is 11.6. The topological polar surface area (TPSA) is 92.7 Å². The van der Waals surface area contributed by atoms with Crippen LogP contribution in [0, 0.1) is 5.92 Å². The molecule has 0 spiro atoms. The normalized spacial score (nSPS) is 13.1. The van der Waals surface area contributed by atoms with Crippen molar-refractivity contribution < 1.29 is 36.2 Å². The Kier molecular flexibility index (Phi) is 8.17. The predicted molar refractivity (Wildman–Crippen MR) is 115 cm³/mol. The van der Waals surface area contributed by atoms with Crippen molar-refractivity contribution in [3.63, 3.8) is 0 Å². The van der Waals surface area contributed by atoms with Crippen LogP contribution in [0.1, 0.15) is 55.1 Å². The van der Waals surface area contributed by atoms with E-state index in [-0.39, 0.29) is 29.5 Å². The van der Waals surface area contributed by atoms with E-state index in [1.165, 1.54) is 24.3 Å². The fourth-order valence-electron chi connectivity index (χ4n) is 3.17. The summed E-state index contributed by atoms with van der Waals surface area (Å²) in [6.45, 7) is 5.21. The maximum Gasteiger partial charge on any atom is 0.416 e. The van der Waals surface area contributed by atoms with Gasteiger partial charge < -0.3 is 9.84 Å². The quantitative estimate of drug-likeness (QED) is 0.472. The van der Waals surface area contributed by atoms with Gasteiger partial charge in [-0.2, -0.15) is 13.2 Å². The Labute approximate surface area is 185 Å². The Morgan fingerprint density at radius 2 is 1.75 bits per heavy atom. The van der Waals surface area contributed by atoms with E-state index in [4.69, 9.17) is 9.84 Å². The lowest BCUT2D eigenvalue weighted by Gasteiger charge is -2.23. The first-order chi connectivity index (χ1) is 14.8. The molecule has 0 bridgehead atoms. The van der Waals surface area contributed by atoms with Gasteiger partial charge in [-0.3, -0.25) is 4.72 Å². The smallest absolute Gasteiger partial charge is 0.416 e. The Balaban J connectivity index is 2.35. The lowest BCUT2D eigenvalue weighted by molar-refractivity contribution is -0.137. The molecular weight excluding hydrogens is 447 g/mol. The maximum absolute atomic E-state index is 13.2. The van der Waals surface area contributed by atoms with Crippen molar-refractivity contribution in [1.29, 1.82) is 0 Å². The van der Waals surface area contributed by atoms with Gasteiger partial charge in [0.15, 0.2) is 0 Å². The van der Waals surface area contributed by atoms with Crippen molar-refractivity contribution in [3.8, 4) is 5.75 Å². The number of sulfonamides is 1. The highest BCUT2D eigenvalue weighted by Crippen LogP contribution is 2.36. The van der Waals surface area contributed by atoms with Crippen LogP contribution in [0.4, 0.5) is 18.9 Å². The van der Waals surface area contributed by atoms with Gasteiger partial charge in [0.2, 0.25) is 10.0 Å². The average molecular weight is 474 g/mol. The number of hydrogen-bond donors (Lipinski definition) is 2. The number of carboxylic acid groups (broad SMARTS) is 1. The van der Waals surface area contributed by atoms with Gasteiger partial charge in [-0.05, 0) is 48.2 Å². The van der Waals surface area contributed by atoms with Crippen molar-refractivity contribution in [2.24, 2.45) is 5.92 Å². The molecule has 2 aromatic rings. The minimum atomic E-state index is -4.64. The third kappa shape index (κ3) is 6.62. The largest absolute Gasteiger partial charge is 0.487 e. The van der Waals surface area contributed by atoms with Gasteiger partial charge in [-0.25, -0.2) is 13.2 Å². The summed E-state index contributed by atoms with van der Waals surface area (Å²) < 4.78 is 73.3. The monoisotopic (exact) mass is 473 g/mol. The second-order valence-corrected chi connectivity index (χ2v) is 9.62. The zero-order valence-corrected chi connectivity index (χ0v) is 18.8. The van der Waals surface area contributed by atoms with E-state index >= 15 is 0 Å². The number of alkyl halides is 3. The van der Waals surface area contributed by atoms with Crippen molar-refractivity contribution in [1.82, 2.24) is 0 Å². The van der Waals surface area contributed by atoms with Crippen molar-refractivity contribution >= 4 is 21.7 Å². The van der Waals surface area contributed by atoms with E-state index in [9.17, 15) is 26.4 Å². The van der Waals surface area contributed by atoms with Crippen LogP contribution >= 0.6 is 0 Å². The molecule has 176 valence electrons. The molecular formula is C22H26F3NO5S. The molecule has 2 N–H and O–H groups in total. The van der Waals surface area contributed by atoms with Crippen LogP contribution in [0.15, 0.2) is 42.5 Å². The molecule has 1 unspecified atom stereocenters. The molecule has 0 heterocycles. The fraction of sp³-hybridized carbons (Fsp3) is 0.409. The molecule has 0 amide bonds. The summed E-state index contributed by atoms with van der Waals surface area (Å²) >= 11 is 0. The van der Waals surface area contributed by atoms with E-state index in [0.717, 1.165) is 18.2 Å². The molecule has 0 aliphatic carbocycles. The predicted octanol–water partition coefficient (Wildman–Crippen LogP) is 5.55. The molecule has 10 heteroatoms. The van der Waals surface area contributed by atoms with Gasteiger partial charge in [0, 0.05) is 0 Å². The lowest BCUT2D eigenvalue weighted by Crippen LogP contribution is -2.32. The summed E-state index contributed by atoms with van der Waals surface area (Å²) in [5.74, 6) is -1.58. The summed E-state index contributed by atoms with van der Waals surface area (Å²) in [6.07, 6.45) is -3.60. The minimum absolute atomic E-state index is 0.0527. The number of anilines is 1. The van der Waals surface area contributed by atoms with Crippen LogP contribution in [0.2, 0.25) is 0 Å². The van der Waals surface area contributed by atoms with E-state index in [0.29, 0.717) is 18.4 Å². The molecule has 0 aromatic heterocycles. The van der Waals surface area contributed by atoms with Gasteiger partial charge in [-0.1, -0.05) is 39.3 Å². The van der Waals surface area contributed by atoms with Gasteiger partial charge in [0.25, 0.3) is 0 Å². The van der Waals surface area contributed by atoms with Crippen LogP contribution in [-0.4, -0.2) is 24.7 Å². The number of carbonyl (C=O) groups is 1. The Hall–Kier alpha value is -2.75. The number of benzene rings is 2. The lowest BCUT2D eigenvalue weighted by atomic mass is 10.1. The molecule has 6 nitrogen and oxygen atoms in total. The standard InChI is InChI=1S/C22H26F3NO5S/c1-4-5-20(14(2)3)32(29,30)26-18-11-10-17(22(23,24)25)12-19(18)31-13-15-6-8-16(9-7-15)21(27)28/h6-12,14,20,26H,4-5,13H2,1-3H3,(H,27,28). The number of hydrogen-bond acceptors (Lipinski definition) is 4. The highest BCUT2D eigenvalue weighted by Gasteiger charge is 2.33. The summed E-state index contributed by atoms with van der Waals surface area (Å²) in [4.78, 5) is 10.9. The van der Waals surface area contributed by atoms with Crippen LogP contribution in [0.25, 0.3) is 0 Å². The van der Waals surface area contributed by atoms with Crippen LogP contribution in [0.3, 0.4) is 0 Å². The number of aromatic carboxylic acids is 1. The molecule has 0 aliphatic rings. The van der Waals surface area contributed by atoms with E-state index in [1.807, 2.05) is 6.92 Å². The number of nitrogens with one attached hydrogen (secondary N) is 1. The number of rotatable bonds is 10. The first kappa shape index (κ1) is 25.5. The summed E-state index contributed by atoms with van der Waals surface area (Å²) in [5.41, 5.74) is -0.517. The Bertz CT molecular complexity index is 1030. The molecule has 0 aliphatic heterocycles. The Morgan fingerprint density at radius 1 is 1.12 bits per heavy atom. The molecule has 1 atom stereocenters. The molecule has 32 heavy (non-hydrogen) atoms. The molecule has 0 saturated carbocycles. The SMILES string of the molecule is CCCC(C(C)C)S(=O)(=O)Nc1ccc(C(F)(F)F)cc1OCc1ccc(C(=O)O)cc1. The molecule has 0 fully saturated rings. The zero-order chi connectivity index (χ0) is 24.1. The van der Waals surface area contributed by atoms with Crippen molar-refractivity contribution in [2.75, 3.05) is 4.72 Å². The van der Waals surface area contributed by atoms with Crippen molar-refractivity contribution in [3.05, 3.63) is 59.2 Å². The van der Waals surface area contributed by atoms with E-state index in [1.54, 1.807) is 13.8 Å². The molecule has 2 rings (SSSR count). The van der Waals surface area contributed by atoms with Crippen LogP contribution in [0.5, 0.6) is 5.75 Å². The number of carboxylic acids is 1. The Morgan fingerprint density at radius 3 is 2.25 bits per heavy atom. The molecule has 0 saturated heterocycles. The minimum Gasteiger partial charge on any atom is -0.487 e. The van der Waals surface area contributed by atoms with E-state index < -0.39 is 33.0 Å². The summed E-state index contributed by atoms with van der Waals surface area (Å²) in [5, 5.41) is 8.24. The first-order valence-electron chi connectivity index (χ1n) is 10.0. The van der Waals surface area contributed by atoms with Crippen LogP contribution < -0.4 is 9.46 Å². The summed E-state index contributed by atoms with van der Waals surface area (Å²) in [6, 6.07) is 8.19. The number of ether oxygens (including phenoxy) is 1. The van der Waals surface area contributed by atoms with Crippen molar-refractivity contribution in [2.45, 2.75) is 51.6 Å².